The minimum Gasteiger partial charge on any atom is -0.388 e. The molecule has 0 aliphatic carbocycles. The van der Waals surface area contributed by atoms with Crippen LogP contribution >= 0.6 is 0 Å². The van der Waals surface area contributed by atoms with Crippen LogP contribution in [0.1, 0.15) is 0 Å². The van der Waals surface area contributed by atoms with Gasteiger partial charge in [0, 0.05) is 18.4 Å². The lowest BCUT2D eigenvalue weighted by Gasteiger charge is -2.03. The minimum absolute atomic E-state index is 0.599. The maximum absolute atomic E-state index is 11.8. The number of amides is 1. The second kappa shape index (κ2) is 4.45. The second-order valence-electron chi connectivity index (χ2n) is 2.51. The third-order valence-corrected chi connectivity index (χ3v) is 1.58. The number of halogens is 1. The van der Waals surface area contributed by atoms with Crippen molar-refractivity contribution in [3.63, 3.8) is 0 Å². The number of hydrogen-bond acceptors (Lipinski definition) is 2. The monoisotopic (exact) mass is 182 g/mol. The fourth-order valence-electron chi connectivity index (χ4n) is 0.915. The van der Waals surface area contributed by atoms with Crippen LogP contribution in [-0.4, -0.2) is 19.6 Å². The van der Waals surface area contributed by atoms with Crippen LogP contribution in [0, 0.1) is 0 Å². The lowest BCUT2D eigenvalue weighted by atomic mass is 10.3. The Morgan fingerprint density at radius 1 is 1.31 bits per heavy atom. The third-order valence-electron chi connectivity index (χ3n) is 1.58. The highest BCUT2D eigenvalue weighted by atomic mass is 19.1. The Balaban J connectivity index is 2.64. The smallest absolute Gasteiger partial charge is 0.255 e. The molecule has 0 fully saturated rings. The number of benzene rings is 1. The summed E-state index contributed by atoms with van der Waals surface area (Å²) in [6.07, 6.45) is 0. The normalized spacial score (nSPS) is 9.38. The van der Waals surface area contributed by atoms with Crippen LogP contribution in [0.4, 0.5) is 15.8 Å². The van der Waals surface area contributed by atoms with E-state index < -0.39 is 12.6 Å². The molecule has 0 heterocycles. The van der Waals surface area contributed by atoms with Crippen molar-refractivity contribution in [1.29, 1.82) is 0 Å². The highest BCUT2D eigenvalue weighted by Crippen LogP contribution is 2.12. The van der Waals surface area contributed by atoms with Crippen molar-refractivity contribution in [2.45, 2.75) is 0 Å². The van der Waals surface area contributed by atoms with Crippen LogP contribution in [0.25, 0.3) is 0 Å². The standard InChI is InChI=1S/C9H11FN2O/c1-11-7-2-4-8(5-3-7)12-9(13)6-10/h2-5,11H,6H2,1H3,(H,12,13). The topological polar surface area (TPSA) is 41.1 Å². The Kier molecular flexibility index (Phi) is 3.25. The van der Waals surface area contributed by atoms with Crippen molar-refractivity contribution in [1.82, 2.24) is 0 Å². The third kappa shape index (κ3) is 2.74. The van der Waals surface area contributed by atoms with Crippen molar-refractivity contribution in [3.05, 3.63) is 24.3 Å². The molecule has 0 spiro atoms. The first-order chi connectivity index (χ1) is 6.26. The summed E-state index contributed by atoms with van der Waals surface area (Å²) < 4.78 is 11.8. The van der Waals surface area contributed by atoms with Crippen molar-refractivity contribution in [2.24, 2.45) is 0 Å². The van der Waals surface area contributed by atoms with Crippen LogP contribution in [0.2, 0.25) is 0 Å². The van der Waals surface area contributed by atoms with E-state index in [1.165, 1.54) is 0 Å². The molecule has 0 bridgehead atoms. The van der Waals surface area contributed by atoms with Crippen LogP contribution in [-0.2, 0) is 4.79 Å². The fourth-order valence-corrected chi connectivity index (χ4v) is 0.915. The Hall–Kier alpha value is -1.58. The molecule has 0 saturated carbocycles. The SMILES string of the molecule is CNc1ccc(NC(=O)CF)cc1. The molecular weight excluding hydrogens is 171 g/mol. The molecule has 1 amide bonds. The Morgan fingerprint density at radius 3 is 2.31 bits per heavy atom. The van der Waals surface area contributed by atoms with E-state index >= 15 is 0 Å². The van der Waals surface area contributed by atoms with Gasteiger partial charge in [-0.1, -0.05) is 0 Å². The summed E-state index contributed by atoms with van der Waals surface area (Å²) in [6.45, 7) is -0.992. The van der Waals surface area contributed by atoms with Crippen LogP contribution < -0.4 is 10.6 Å². The molecule has 0 radical (unpaired) electrons. The molecule has 0 unspecified atom stereocenters. The minimum atomic E-state index is -0.992. The molecule has 0 saturated heterocycles. The highest BCUT2D eigenvalue weighted by molar-refractivity contribution is 5.91. The van der Waals surface area contributed by atoms with Gasteiger partial charge in [-0.15, -0.1) is 0 Å². The van der Waals surface area contributed by atoms with Gasteiger partial charge in [-0.05, 0) is 24.3 Å². The predicted octanol–water partition coefficient (Wildman–Crippen LogP) is 1.64. The summed E-state index contributed by atoms with van der Waals surface area (Å²) in [5, 5.41) is 5.34. The van der Waals surface area contributed by atoms with Gasteiger partial charge in [-0.3, -0.25) is 4.79 Å². The summed E-state index contributed by atoms with van der Waals surface area (Å²) in [4.78, 5) is 10.6. The van der Waals surface area contributed by atoms with Crippen LogP contribution in [0.5, 0.6) is 0 Å². The van der Waals surface area contributed by atoms with Crippen molar-refractivity contribution < 1.29 is 9.18 Å². The molecule has 0 aliphatic heterocycles. The molecule has 0 aliphatic rings. The average Bonchev–Trinajstić information content (AvgIpc) is 2.19. The van der Waals surface area contributed by atoms with Gasteiger partial charge in [-0.2, -0.15) is 0 Å². The van der Waals surface area contributed by atoms with Gasteiger partial charge in [0.15, 0.2) is 6.67 Å². The van der Waals surface area contributed by atoms with Gasteiger partial charge in [0.25, 0.3) is 5.91 Å². The lowest BCUT2D eigenvalue weighted by molar-refractivity contribution is -0.117. The molecule has 1 rings (SSSR count). The van der Waals surface area contributed by atoms with Gasteiger partial charge < -0.3 is 10.6 Å². The first-order valence-corrected chi connectivity index (χ1v) is 3.90. The van der Waals surface area contributed by atoms with Gasteiger partial charge in [0.05, 0.1) is 0 Å². The first kappa shape index (κ1) is 9.51. The Labute approximate surface area is 76.0 Å². The summed E-state index contributed by atoms with van der Waals surface area (Å²) in [5.41, 5.74) is 1.54. The summed E-state index contributed by atoms with van der Waals surface area (Å²) in [5.74, 6) is -0.628. The quantitative estimate of drug-likeness (QED) is 0.746. The van der Waals surface area contributed by atoms with E-state index in [9.17, 15) is 9.18 Å². The van der Waals surface area contributed by atoms with E-state index in [1.54, 1.807) is 31.3 Å². The van der Waals surface area contributed by atoms with E-state index in [4.69, 9.17) is 0 Å². The zero-order valence-electron chi connectivity index (χ0n) is 7.30. The van der Waals surface area contributed by atoms with E-state index in [2.05, 4.69) is 10.6 Å². The second-order valence-corrected chi connectivity index (χ2v) is 2.51. The molecule has 2 N–H and O–H groups in total. The van der Waals surface area contributed by atoms with Gasteiger partial charge in [0.2, 0.25) is 0 Å². The molecule has 13 heavy (non-hydrogen) atoms. The molecule has 70 valence electrons. The van der Waals surface area contributed by atoms with E-state index in [-0.39, 0.29) is 0 Å². The maximum Gasteiger partial charge on any atom is 0.255 e. The van der Waals surface area contributed by atoms with Gasteiger partial charge in [-0.25, -0.2) is 4.39 Å². The maximum atomic E-state index is 11.8. The molecule has 0 atom stereocenters. The molecule has 1 aromatic rings. The van der Waals surface area contributed by atoms with E-state index in [0.29, 0.717) is 5.69 Å². The lowest BCUT2D eigenvalue weighted by Crippen LogP contribution is -2.12. The van der Waals surface area contributed by atoms with E-state index in [0.717, 1.165) is 5.69 Å². The Bertz CT molecular complexity index is 284. The van der Waals surface area contributed by atoms with Crippen LogP contribution in [0.15, 0.2) is 24.3 Å². The highest BCUT2D eigenvalue weighted by Gasteiger charge is 1.99. The number of carbonyl (C=O) groups is 1. The zero-order chi connectivity index (χ0) is 9.68. The molecule has 1 aromatic carbocycles. The van der Waals surface area contributed by atoms with Crippen molar-refractivity contribution in [3.8, 4) is 0 Å². The fraction of sp³-hybridized carbons (Fsp3) is 0.222. The van der Waals surface area contributed by atoms with Crippen LogP contribution in [0.3, 0.4) is 0 Å². The number of nitrogens with one attached hydrogen (secondary N) is 2. The first-order valence-electron chi connectivity index (χ1n) is 3.90. The zero-order valence-corrected chi connectivity index (χ0v) is 7.30. The number of rotatable bonds is 3. The number of hydrogen-bond donors (Lipinski definition) is 2. The molecule has 3 nitrogen and oxygen atoms in total. The Morgan fingerprint density at radius 2 is 1.85 bits per heavy atom. The predicted molar refractivity (Wildman–Crippen MR) is 50.6 cm³/mol. The number of alkyl halides is 1. The summed E-state index contributed by atoms with van der Waals surface area (Å²) in [6, 6.07) is 7.01. The molecule has 4 heteroatoms. The van der Waals surface area contributed by atoms with Crippen molar-refractivity contribution in [2.75, 3.05) is 24.4 Å². The molecule has 0 aromatic heterocycles. The average molecular weight is 182 g/mol. The molecular formula is C9H11FN2O. The van der Waals surface area contributed by atoms with Crippen molar-refractivity contribution >= 4 is 17.3 Å². The van der Waals surface area contributed by atoms with E-state index in [1.807, 2.05) is 0 Å². The number of carbonyl (C=O) groups excluding carboxylic acids is 1. The van der Waals surface area contributed by atoms with Gasteiger partial charge >= 0.3 is 0 Å². The summed E-state index contributed by atoms with van der Waals surface area (Å²) in [7, 11) is 1.80. The largest absolute Gasteiger partial charge is 0.388 e. The summed E-state index contributed by atoms with van der Waals surface area (Å²) >= 11 is 0. The number of anilines is 2. The van der Waals surface area contributed by atoms with Gasteiger partial charge in [0.1, 0.15) is 0 Å².